The molecule has 1 saturated carbocycles. The van der Waals surface area contributed by atoms with Gasteiger partial charge in [0.1, 0.15) is 16.6 Å². The van der Waals surface area contributed by atoms with Crippen molar-refractivity contribution in [1.82, 2.24) is 20.5 Å². The largest absolute Gasteiger partial charge is 0.390 e. The molecule has 1 aliphatic carbocycles. The second-order valence-electron chi connectivity index (χ2n) is 11.7. The normalized spacial score (nSPS) is 14.9. The van der Waals surface area contributed by atoms with Gasteiger partial charge in [-0.2, -0.15) is 0 Å². The molecule has 236 valence electrons. The zero-order valence-electron chi connectivity index (χ0n) is 25.4. The van der Waals surface area contributed by atoms with Crippen molar-refractivity contribution < 1.29 is 23.5 Å². The number of unbranched alkanes of at least 4 members (excludes halogenated alkanes) is 1. The van der Waals surface area contributed by atoms with E-state index in [1.807, 2.05) is 35.7 Å². The summed E-state index contributed by atoms with van der Waals surface area (Å²) in [6.45, 7) is 2.77. The highest BCUT2D eigenvalue weighted by molar-refractivity contribution is 7.13. The van der Waals surface area contributed by atoms with Gasteiger partial charge in [-0.1, -0.05) is 43.7 Å². The van der Waals surface area contributed by atoms with Crippen molar-refractivity contribution in [2.45, 2.75) is 56.7 Å². The van der Waals surface area contributed by atoms with Gasteiger partial charge in [0.2, 0.25) is 0 Å². The van der Waals surface area contributed by atoms with E-state index in [2.05, 4.69) is 22.5 Å². The molecule has 0 spiro atoms. The third kappa shape index (κ3) is 8.19. The first-order valence-electron chi connectivity index (χ1n) is 15.2. The van der Waals surface area contributed by atoms with E-state index in [0.717, 1.165) is 37.3 Å². The number of aliphatic hydroxyl groups is 1. The van der Waals surface area contributed by atoms with Crippen molar-refractivity contribution in [3.8, 4) is 10.6 Å². The van der Waals surface area contributed by atoms with Crippen LogP contribution in [-0.2, 0) is 12.0 Å². The first-order valence-corrected chi connectivity index (χ1v) is 16.1. The lowest BCUT2D eigenvalue weighted by Gasteiger charge is -2.27. The van der Waals surface area contributed by atoms with Crippen LogP contribution in [0.15, 0.2) is 78.3 Å². The maximum absolute atomic E-state index is 14.1. The number of nitrogens with one attached hydrogen (secondary N) is 2. The molecule has 1 aliphatic rings. The number of nitrogens with zero attached hydrogens (tertiary/aromatic N) is 2. The van der Waals surface area contributed by atoms with Crippen molar-refractivity contribution in [1.29, 1.82) is 0 Å². The van der Waals surface area contributed by atoms with Gasteiger partial charge in [-0.15, -0.1) is 11.3 Å². The molecule has 1 heterocycles. The van der Waals surface area contributed by atoms with Crippen molar-refractivity contribution in [2.75, 3.05) is 20.1 Å². The van der Waals surface area contributed by atoms with Crippen LogP contribution in [0.3, 0.4) is 0 Å². The maximum Gasteiger partial charge on any atom is 0.253 e. The molecule has 3 aromatic carbocycles. The Morgan fingerprint density at radius 2 is 1.76 bits per heavy atom. The van der Waals surface area contributed by atoms with Crippen molar-refractivity contribution >= 4 is 23.2 Å². The Balaban J connectivity index is 1.41. The van der Waals surface area contributed by atoms with E-state index < -0.39 is 29.7 Å². The number of carbonyl (C=O) groups excluding carboxylic acids is 2. The predicted octanol–water partition coefficient (Wildman–Crippen LogP) is 5.94. The highest BCUT2D eigenvalue weighted by Crippen LogP contribution is 2.45. The molecule has 2 amide bonds. The fourth-order valence-corrected chi connectivity index (χ4v) is 6.12. The van der Waals surface area contributed by atoms with E-state index in [1.54, 1.807) is 30.3 Å². The molecule has 0 aliphatic heterocycles. The number of thiazole rings is 1. The summed E-state index contributed by atoms with van der Waals surface area (Å²) >= 11 is 1.39. The summed E-state index contributed by atoms with van der Waals surface area (Å²) in [6.07, 6.45) is 4.14. The highest BCUT2D eigenvalue weighted by atomic mass is 32.1. The first kappa shape index (κ1) is 32.4. The standard InChI is InChI=1S/C35H38F2N4O3S/c1-3-4-13-41(2)34(44)26-19-24(18-25(20-26)33-38-12-14-45-33)32(43)40-30(17-23-15-28(36)21-29(37)16-23)31(42)22-39-35(10-11-35)27-8-6-5-7-9-27/h5-9,12,14-16,18-21,30-31,39,42H,3-4,10-11,13,17,22H2,1-2H3,(H,40,43). The number of carbonyl (C=O) groups is 2. The lowest BCUT2D eigenvalue weighted by atomic mass is 9.98. The molecule has 4 aromatic rings. The number of hydrogen-bond acceptors (Lipinski definition) is 6. The Hall–Kier alpha value is -3.99. The zero-order chi connectivity index (χ0) is 32.0. The van der Waals surface area contributed by atoms with Crippen LogP contribution in [0, 0.1) is 11.6 Å². The quantitative estimate of drug-likeness (QED) is 0.160. The fraction of sp³-hybridized carbons (Fsp3) is 0.343. The Labute approximate surface area is 266 Å². The van der Waals surface area contributed by atoms with Crippen LogP contribution in [0.1, 0.15) is 64.4 Å². The van der Waals surface area contributed by atoms with Gasteiger partial charge >= 0.3 is 0 Å². The summed E-state index contributed by atoms with van der Waals surface area (Å²) in [6, 6.07) is 17.2. The molecule has 2 atom stereocenters. The van der Waals surface area contributed by atoms with Gasteiger partial charge in [0.05, 0.1) is 12.1 Å². The number of benzene rings is 3. The van der Waals surface area contributed by atoms with Gasteiger partial charge in [-0.05, 0) is 67.1 Å². The Kier molecular flexibility index (Phi) is 10.4. The van der Waals surface area contributed by atoms with Crippen molar-refractivity contribution in [3.05, 3.63) is 112 Å². The summed E-state index contributed by atoms with van der Waals surface area (Å²) in [5.41, 5.74) is 2.33. The number of amides is 2. The molecular weight excluding hydrogens is 594 g/mol. The Morgan fingerprint density at radius 1 is 1.04 bits per heavy atom. The molecule has 1 fully saturated rings. The Bertz CT molecular complexity index is 1590. The molecule has 0 saturated heterocycles. The van der Waals surface area contributed by atoms with Gasteiger partial charge in [-0.25, -0.2) is 13.8 Å². The molecule has 5 rings (SSSR count). The molecule has 2 unspecified atom stereocenters. The molecule has 45 heavy (non-hydrogen) atoms. The summed E-state index contributed by atoms with van der Waals surface area (Å²) in [7, 11) is 1.73. The second-order valence-corrected chi connectivity index (χ2v) is 12.6. The van der Waals surface area contributed by atoms with E-state index in [-0.39, 0.29) is 30.0 Å². The molecule has 0 radical (unpaired) electrons. The average molecular weight is 633 g/mol. The van der Waals surface area contributed by atoms with Crippen LogP contribution in [0.2, 0.25) is 0 Å². The molecule has 7 nitrogen and oxygen atoms in total. The highest BCUT2D eigenvalue weighted by Gasteiger charge is 2.44. The Morgan fingerprint density at radius 3 is 2.40 bits per heavy atom. The monoisotopic (exact) mass is 632 g/mol. The topological polar surface area (TPSA) is 94.6 Å². The SMILES string of the molecule is CCCCN(C)C(=O)c1cc(C(=O)NC(Cc2cc(F)cc(F)c2)C(O)CNC2(c3ccccc3)CC2)cc(-c2nccs2)c1. The fourth-order valence-electron chi connectivity index (χ4n) is 5.50. The van der Waals surface area contributed by atoms with Gasteiger partial charge in [0, 0.05) is 60.0 Å². The van der Waals surface area contributed by atoms with E-state index in [9.17, 15) is 23.5 Å². The molecule has 3 N–H and O–H groups in total. The van der Waals surface area contributed by atoms with Gasteiger partial charge in [-0.3, -0.25) is 9.59 Å². The van der Waals surface area contributed by atoms with Gasteiger partial charge in [0.25, 0.3) is 11.8 Å². The van der Waals surface area contributed by atoms with E-state index >= 15 is 0 Å². The molecule has 0 bridgehead atoms. The molecule has 10 heteroatoms. The minimum Gasteiger partial charge on any atom is -0.390 e. The molecule has 1 aromatic heterocycles. The van der Waals surface area contributed by atoms with Gasteiger partial charge in [0.15, 0.2) is 0 Å². The van der Waals surface area contributed by atoms with Crippen LogP contribution in [0.25, 0.3) is 10.6 Å². The number of aliphatic hydroxyl groups excluding tert-OH is 1. The van der Waals surface area contributed by atoms with E-state index in [4.69, 9.17) is 0 Å². The number of rotatable bonds is 14. The van der Waals surface area contributed by atoms with Crippen LogP contribution in [-0.4, -0.2) is 59.1 Å². The van der Waals surface area contributed by atoms with E-state index in [1.165, 1.54) is 29.5 Å². The molecular formula is C35H38F2N4O3S. The van der Waals surface area contributed by atoms with Crippen LogP contribution in [0.5, 0.6) is 0 Å². The number of hydrogen-bond donors (Lipinski definition) is 3. The smallest absolute Gasteiger partial charge is 0.253 e. The third-order valence-corrected chi connectivity index (χ3v) is 9.02. The summed E-state index contributed by atoms with van der Waals surface area (Å²) in [4.78, 5) is 33.2. The summed E-state index contributed by atoms with van der Waals surface area (Å²) < 4.78 is 28.2. The van der Waals surface area contributed by atoms with E-state index in [0.29, 0.717) is 28.2 Å². The number of halogens is 2. The minimum atomic E-state index is -1.09. The maximum atomic E-state index is 14.1. The van der Waals surface area contributed by atoms with Crippen LogP contribution < -0.4 is 10.6 Å². The lowest BCUT2D eigenvalue weighted by molar-refractivity contribution is 0.0793. The second kappa shape index (κ2) is 14.4. The lowest BCUT2D eigenvalue weighted by Crippen LogP contribution is -2.50. The summed E-state index contributed by atoms with van der Waals surface area (Å²) in [5.74, 6) is -2.23. The predicted molar refractivity (Wildman–Crippen MR) is 172 cm³/mol. The van der Waals surface area contributed by atoms with Crippen molar-refractivity contribution in [3.63, 3.8) is 0 Å². The van der Waals surface area contributed by atoms with Crippen LogP contribution in [0.4, 0.5) is 8.78 Å². The summed E-state index contributed by atoms with van der Waals surface area (Å²) in [5, 5.41) is 20.2. The first-order chi connectivity index (χ1) is 21.7. The zero-order valence-corrected chi connectivity index (χ0v) is 26.2. The number of aromatic nitrogens is 1. The van der Waals surface area contributed by atoms with Crippen LogP contribution >= 0.6 is 11.3 Å². The van der Waals surface area contributed by atoms with Crippen molar-refractivity contribution in [2.24, 2.45) is 0 Å². The average Bonchev–Trinajstić information content (AvgIpc) is 3.63. The third-order valence-electron chi connectivity index (χ3n) is 8.20. The van der Waals surface area contributed by atoms with Gasteiger partial charge < -0.3 is 20.6 Å². The minimum absolute atomic E-state index is 0.0146.